The van der Waals surface area contributed by atoms with Gasteiger partial charge in [0.1, 0.15) is 0 Å². The van der Waals surface area contributed by atoms with E-state index >= 15 is 0 Å². The van der Waals surface area contributed by atoms with Crippen LogP contribution < -0.4 is 0 Å². The van der Waals surface area contributed by atoms with Gasteiger partial charge in [-0.1, -0.05) is 30.3 Å². The number of rotatable bonds is 5. The zero-order chi connectivity index (χ0) is 21.0. The fourth-order valence-electron chi connectivity index (χ4n) is 4.63. The Bertz CT molecular complexity index is 1090. The SMILES string of the molecule is N#Cc1ccc2c(CN3CCOCC3)cc(-c3ccc(CN4CCCC4)cc3)nc2c1. The van der Waals surface area contributed by atoms with Gasteiger partial charge in [0, 0.05) is 37.1 Å². The van der Waals surface area contributed by atoms with Crippen LogP contribution in [-0.2, 0) is 17.8 Å². The van der Waals surface area contributed by atoms with Crippen LogP contribution in [0.15, 0.2) is 48.5 Å². The Balaban J connectivity index is 1.47. The van der Waals surface area contributed by atoms with Gasteiger partial charge in [-0.2, -0.15) is 5.26 Å². The molecule has 0 atom stereocenters. The van der Waals surface area contributed by atoms with E-state index in [0.29, 0.717) is 5.56 Å². The van der Waals surface area contributed by atoms with Gasteiger partial charge in [-0.05, 0) is 55.3 Å². The third-order valence-electron chi connectivity index (χ3n) is 6.38. The number of nitriles is 1. The van der Waals surface area contributed by atoms with Gasteiger partial charge in [-0.25, -0.2) is 4.98 Å². The molecule has 2 aliphatic rings. The van der Waals surface area contributed by atoms with Gasteiger partial charge in [0.25, 0.3) is 0 Å². The average Bonchev–Trinajstić information content (AvgIpc) is 3.33. The molecule has 0 unspecified atom stereocenters. The van der Waals surface area contributed by atoms with Crippen LogP contribution in [-0.4, -0.2) is 54.2 Å². The quantitative estimate of drug-likeness (QED) is 0.629. The molecule has 0 aliphatic carbocycles. The number of hydrogen-bond donors (Lipinski definition) is 0. The van der Waals surface area contributed by atoms with E-state index in [1.807, 2.05) is 18.2 Å². The van der Waals surface area contributed by atoms with Crippen molar-refractivity contribution < 1.29 is 4.74 Å². The molecule has 5 heteroatoms. The lowest BCUT2D eigenvalue weighted by Gasteiger charge is -2.27. The van der Waals surface area contributed by atoms with E-state index in [1.165, 1.54) is 37.1 Å². The van der Waals surface area contributed by atoms with Gasteiger partial charge in [-0.3, -0.25) is 9.80 Å². The Morgan fingerprint density at radius 3 is 2.35 bits per heavy atom. The summed E-state index contributed by atoms with van der Waals surface area (Å²) in [7, 11) is 0. The molecule has 3 aromatic rings. The summed E-state index contributed by atoms with van der Waals surface area (Å²) in [6.07, 6.45) is 2.63. The van der Waals surface area contributed by atoms with E-state index in [-0.39, 0.29) is 0 Å². The van der Waals surface area contributed by atoms with Crippen molar-refractivity contribution in [2.75, 3.05) is 39.4 Å². The first kappa shape index (κ1) is 20.1. The van der Waals surface area contributed by atoms with Crippen molar-refractivity contribution in [1.29, 1.82) is 5.26 Å². The van der Waals surface area contributed by atoms with Crippen molar-refractivity contribution in [3.8, 4) is 17.3 Å². The van der Waals surface area contributed by atoms with Crippen LogP contribution >= 0.6 is 0 Å². The molecular weight excluding hydrogens is 384 g/mol. The first-order chi connectivity index (χ1) is 15.3. The van der Waals surface area contributed by atoms with E-state index in [0.717, 1.165) is 61.6 Å². The molecule has 31 heavy (non-hydrogen) atoms. The lowest BCUT2D eigenvalue weighted by atomic mass is 10.0. The van der Waals surface area contributed by atoms with Crippen LogP contribution in [0.2, 0.25) is 0 Å². The predicted octanol–water partition coefficient (Wildman–Crippen LogP) is 4.20. The molecule has 0 saturated carbocycles. The van der Waals surface area contributed by atoms with E-state index in [9.17, 15) is 5.26 Å². The van der Waals surface area contributed by atoms with Gasteiger partial charge in [-0.15, -0.1) is 0 Å². The number of hydrogen-bond acceptors (Lipinski definition) is 5. The first-order valence-corrected chi connectivity index (χ1v) is 11.2. The smallest absolute Gasteiger partial charge is 0.0992 e. The zero-order valence-corrected chi connectivity index (χ0v) is 17.9. The minimum atomic E-state index is 0.649. The summed E-state index contributed by atoms with van der Waals surface area (Å²) < 4.78 is 5.51. The van der Waals surface area contributed by atoms with Crippen LogP contribution in [0.1, 0.15) is 29.5 Å². The summed E-state index contributed by atoms with van der Waals surface area (Å²) in [5.74, 6) is 0. The van der Waals surface area contributed by atoms with Crippen molar-refractivity contribution in [2.24, 2.45) is 0 Å². The third kappa shape index (κ3) is 4.62. The average molecular weight is 413 g/mol. The summed E-state index contributed by atoms with van der Waals surface area (Å²) in [6.45, 7) is 7.77. The molecule has 2 aliphatic heterocycles. The van der Waals surface area contributed by atoms with Gasteiger partial charge >= 0.3 is 0 Å². The number of aromatic nitrogens is 1. The molecule has 2 aromatic carbocycles. The Hall–Kier alpha value is -2.78. The molecule has 1 aromatic heterocycles. The van der Waals surface area contributed by atoms with Gasteiger partial charge in [0.05, 0.1) is 36.1 Å². The Morgan fingerprint density at radius 1 is 0.871 bits per heavy atom. The molecule has 0 amide bonds. The minimum absolute atomic E-state index is 0.649. The summed E-state index contributed by atoms with van der Waals surface area (Å²) in [5.41, 5.74) is 6.24. The van der Waals surface area contributed by atoms with Gasteiger partial charge < -0.3 is 4.74 Å². The standard InChI is InChI=1S/C26H28N4O/c27-17-21-5-8-24-23(19-30-11-13-31-14-12-30)16-25(28-26(24)15-21)22-6-3-20(4-7-22)18-29-9-1-2-10-29/h3-8,15-16H,1-2,9-14,18-19H2. The Morgan fingerprint density at radius 2 is 1.61 bits per heavy atom. The van der Waals surface area contributed by atoms with Crippen LogP contribution in [0, 0.1) is 11.3 Å². The lowest BCUT2D eigenvalue weighted by Crippen LogP contribution is -2.35. The number of morpholine rings is 1. The van der Waals surface area contributed by atoms with E-state index in [2.05, 4.69) is 46.2 Å². The maximum absolute atomic E-state index is 9.36. The summed E-state index contributed by atoms with van der Waals surface area (Å²) in [6, 6.07) is 19.1. The highest BCUT2D eigenvalue weighted by molar-refractivity contribution is 5.86. The molecule has 0 spiro atoms. The van der Waals surface area contributed by atoms with Gasteiger partial charge in [0.2, 0.25) is 0 Å². The van der Waals surface area contributed by atoms with Gasteiger partial charge in [0.15, 0.2) is 0 Å². The monoisotopic (exact) mass is 412 g/mol. The normalized spacial score (nSPS) is 17.8. The third-order valence-corrected chi connectivity index (χ3v) is 6.38. The fraction of sp³-hybridized carbons (Fsp3) is 0.385. The van der Waals surface area contributed by atoms with Crippen molar-refractivity contribution in [2.45, 2.75) is 25.9 Å². The molecule has 0 radical (unpaired) electrons. The first-order valence-electron chi connectivity index (χ1n) is 11.2. The molecule has 5 nitrogen and oxygen atoms in total. The largest absolute Gasteiger partial charge is 0.379 e. The highest BCUT2D eigenvalue weighted by Crippen LogP contribution is 2.27. The topological polar surface area (TPSA) is 52.4 Å². The minimum Gasteiger partial charge on any atom is -0.379 e. The van der Waals surface area contributed by atoms with Crippen molar-refractivity contribution in [3.63, 3.8) is 0 Å². The molecule has 5 rings (SSSR count). The second kappa shape index (κ2) is 9.15. The van der Waals surface area contributed by atoms with E-state index < -0.39 is 0 Å². The van der Waals surface area contributed by atoms with E-state index in [1.54, 1.807) is 0 Å². The lowest BCUT2D eigenvalue weighted by molar-refractivity contribution is 0.0344. The molecular formula is C26H28N4O. The second-order valence-electron chi connectivity index (χ2n) is 8.58. The molecule has 3 heterocycles. The maximum Gasteiger partial charge on any atom is 0.0992 e. The van der Waals surface area contributed by atoms with Crippen LogP contribution in [0.3, 0.4) is 0 Å². The predicted molar refractivity (Wildman–Crippen MR) is 123 cm³/mol. The van der Waals surface area contributed by atoms with E-state index in [4.69, 9.17) is 9.72 Å². The summed E-state index contributed by atoms with van der Waals surface area (Å²) >= 11 is 0. The Kier molecular flexibility index (Phi) is 5.95. The highest BCUT2D eigenvalue weighted by atomic mass is 16.5. The number of fused-ring (bicyclic) bond motifs is 1. The number of nitrogens with zero attached hydrogens (tertiary/aromatic N) is 4. The number of benzene rings is 2. The zero-order valence-electron chi connectivity index (χ0n) is 17.9. The molecule has 158 valence electrons. The number of ether oxygens (including phenoxy) is 1. The van der Waals surface area contributed by atoms with Crippen LogP contribution in [0.25, 0.3) is 22.2 Å². The Labute approximate surface area is 183 Å². The second-order valence-corrected chi connectivity index (χ2v) is 8.58. The van der Waals surface area contributed by atoms with Crippen molar-refractivity contribution >= 4 is 10.9 Å². The maximum atomic E-state index is 9.36. The summed E-state index contributed by atoms with van der Waals surface area (Å²) in [4.78, 5) is 9.89. The molecule has 2 saturated heterocycles. The van der Waals surface area contributed by atoms with Crippen molar-refractivity contribution in [1.82, 2.24) is 14.8 Å². The fourth-order valence-corrected chi connectivity index (χ4v) is 4.63. The van der Waals surface area contributed by atoms with Crippen LogP contribution in [0.5, 0.6) is 0 Å². The molecule has 2 fully saturated rings. The highest BCUT2D eigenvalue weighted by Gasteiger charge is 2.15. The molecule has 0 bridgehead atoms. The van der Waals surface area contributed by atoms with Crippen molar-refractivity contribution in [3.05, 3.63) is 65.2 Å². The summed E-state index contributed by atoms with van der Waals surface area (Å²) in [5, 5.41) is 10.5. The van der Waals surface area contributed by atoms with Crippen LogP contribution in [0.4, 0.5) is 0 Å². The number of pyridine rings is 1. The number of likely N-dealkylation sites (tertiary alicyclic amines) is 1. The molecule has 0 N–H and O–H groups in total.